The molecule has 1 fully saturated rings. The van der Waals surface area contributed by atoms with Crippen molar-refractivity contribution >= 4 is 23.3 Å². The van der Waals surface area contributed by atoms with E-state index in [2.05, 4.69) is 34.0 Å². The molecule has 2 aliphatic rings. The number of piperazine rings is 1. The summed E-state index contributed by atoms with van der Waals surface area (Å²) in [5.74, 6) is 1.56. The Hall–Kier alpha value is -2.18. The predicted octanol–water partition coefficient (Wildman–Crippen LogP) is 3.22. The Kier molecular flexibility index (Phi) is 6.54. The summed E-state index contributed by atoms with van der Waals surface area (Å²) in [5.41, 5.74) is 3.51. The maximum Gasteiger partial charge on any atom is 0.231 e. The van der Waals surface area contributed by atoms with Gasteiger partial charge in [0, 0.05) is 49.0 Å². The summed E-state index contributed by atoms with van der Waals surface area (Å²) in [7, 11) is 0. The van der Waals surface area contributed by atoms with Gasteiger partial charge in [0.15, 0.2) is 0 Å². The highest BCUT2D eigenvalue weighted by Gasteiger charge is 2.31. The van der Waals surface area contributed by atoms with Crippen LogP contribution in [0.1, 0.15) is 48.9 Å². The molecule has 1 saturated heterocycles. The highest BCUT2D eigenvalue weighted by molar-refractivity contribution is 6.30. The molecule has 2 heterocycles. The molecule has 1 aliphatic heterocycles. The molecule has 0 spiro atoms. The molecule has 160 valence electrons. The van der Waals surface area contributed by atoms with Crippen LogP contribution in [0, 0.1) is 0 Å². The quantitative estimate of drug-likeness (QED) is 0.766. The fourth-order valence-electron chi connectivity index (χ4n) is 4.57. The minimum absolute atomic E-state index is 0.180. The number of carbonyl (C=O) groups excluding carboxylic acids is 1. The second-order valence-corrected chi connectivity index (χ2v) is 8.66. The van der Waals surface area contributed by atoms with Gasteiger partial charge >= 0.3 is 0 Å². The number of hydrogen-bond acceptors (Lipinski definition) is 5. The predicted molar refractivity (Wildman–Crippen MR) is 120 cm³/mol. The van der Waals surface area contributed by atoms with Crippen LogP contribution in [0.25, 0.3) is 0 Å². The second-order valence-electron chi connectivity index (χ2n) is 8.22. The van der Waals surface area contributed by atoms with E-state index in [0.717, 1.165) is 43.9 Å². The molecule has 30 heavy (non-hydrogen) atoms. The van der Waals surface area contributed by atoms with E-state index in [-0.39, 0.29) is 11.8 Å². The van der Waals surface area contributed by atoms with Gasteiger partial charge in [-0.15, -0.1) is 0 Å². The van der Waals surface area contributed by atoms with E-state index in [4.69, 9.17) is 11.6 Å². The fraction of sp³-hybridized carbons (Fsp3) is 0.522. The first-order valence-electron chi connectivity index (χ1n) is 10.9. The number of fused-ring (bicyclic) bond motifs is 1. The summed E-state index contributed by atoms with van der Waals surface area (Å²) in [6.45, 7) is 8.81. The van der Waals surface area contributed by atoms with Gasteiger partial charge in [0.25, 0.3) is 0 Å². The molecule has 1 aromatic carbocycles. The number of aromatic nitrogens is 2. The van der Waals surface area contributed by atoms with E-state index in [1.807, 2.05) is 29.2 Å². The van der Waals surface area contributed by atoms with Crippen molar-refractivity contribution in [3.63, 3.8) is 0 Å². The molecule has 2 aromatic rings. The van der Waals surface area contributed by atoms with Crippen molar-refractivity contribution in [2.24, 2.45) is 0 Å². The highest BCUT2D eigenvalue weighted by atomic mass is 35.5. The summed E-state index contributed by atoms with van der Waals surface area (Å²) >= 11 is 6.05. The average Bonchev–Trinajstić information content (AvgIpc) is 3.16. The monoisotopic (exact) mass is 427 g/mol. The van der Waals surface area contributed by atoms with E-state index in [0.29, 0.717) is 30.6 Å². The Bertz CT molecular complexity index is 880. The Morgan fingerprint density at radius 2 is 1.93 bits per heavy atom. The average molecular weight is 428 g/mol. The smallest absolute Gasteiger partial charge is 0.231 e. The molecule has 2 atom stereocenters. The number of nitrogens with zero attached hydrogens (tertiary/aromatic N) is 4. The van der Waals surface area contributed by atoms with Crippen molar-refractivity contribution in [1.82, 2.24) is 20.2 Å². The van der Waals surface area contributed by atoms with Crippen molar-refractivity contribution in [3.8, 4) is 0 Å². The van der Waals surface area contributed by atoms with Crippen molar-refractivity contribution in [3.05, 3.63) is 52.4 Å². The molecular formula is C23H30ClN5O. The molecule has 6 nitrogen and oxygen atoms in total. The number of amides is 1. The minimum atomic E-state index is -0.197. The third kappa shape index (κ3) is 4.30. The van der Waals surface area contributed by atoms with Crippen LogP contribution in [0.15, 0.2) is 30.6 Å². The van der Waals surface area contributed by atoms with Crippen molar-refractivity contribution in [2.45, 2.75) is 38.5 Å². The maximum absolute atomic E-state index is 13.4. The summed E-state index contributed by atoms with van der Waals surface area (Å²) in [6, 6.07) is 7.64. The van der Waals surface area contributed by atoms with E-state index in [1.165, 1.54) is 11.3 Å². The Morgan fingerprint density at radius 1 is 1.20 bits per heavy atom. The van der Waals surface area contributed by atoms with E-state index >= 15 is 0 Å². The van der Waals surface area contributed by atoms with Crippen LogP contribution in [0.2, 0.25) is 5.02 Å². The van der Waals surface area contributed by atoms with Gasteiger partial charge < -0.3 is 15.1 Å². The number of benzene rings is 1. The van der Waals surface area contributed by atoms with Crippen molar-refractivity contribution in [1.29, 1.82) is 0 Å². The Balaban J connectivity index is 1.45. The summed E-state index contributed by atoms with van der Waals surface area (Å²) < 4.78 is 0. The van der Waals surface area contributed by atoms with E-state index < -0.39 is 0 Å². The zero-order valence-corrected chi connectivity index (χ0v) is 18.5. The van der Waals surface area contributed by atoms with Gasteiger partial charge in [-0.1, -0.05) is 37.6 Å². The lowest BCUT2D eigenvalue weighted by Crippen LogP contribution is -2.51. The number of anilines is 1. The molecular weight excluding hydrogens is 398 g/mol. The fourth-order valence-corrected chi connectivity index (χ4v) is 4.69. The van der Waals surface area contributed by atoms with Crippen LogP contribution in [0.5, 0.6) is 0 Å². The molecule has 1 amide bonds. The maximum atomic E-state index is 13.4. The summed E-state index contributed by atoms with van der Waals surface area (Å²) in [6.07, 6.45) is 3.88. The summed E-state index contributed by atoms with van der Waals surface area (Å²) in [4.78, 5) is 26.8. The van der Waals surface area contributed by atoms with Gasteiger partial charge in [0.2, 0.25) is 5.91 Å². The number of halogens is 1. The largest absolute Gasteiger partial charge is 0.353 e. The molecule has 0 radical (unpaired) electrons. The van der Waals surface area contributed by atoms with Gasteiger partial charge in [-0.3, -0.25) is 4.79 Å². The van der Waals surface area contributed by atoms with Crippen LogP contribution in [0.4, 0.5) is 5.82 Å². The molecule has 4 rings (SSSR count). The van der Waals surface area contributed by atoms with Gasteiger partial charge in [-0.25, -0.2) is 9.97 Å². The molecule has 1 aromatic heterocycles. The first-order chi connectivity index (χ1) is 14.6. The van der Waals surface area contributed by atoms with Gasteiger partial charge in [-0.2, -0.15) is 0 Å². The van der Waals surface area contributed by atoms with Crippen LogP contribution in [0.3, 0.4) is 0 Å². The first-order valence-corrected chi connectivity index (χ1v) is 11.3. The number of carbonyl (C=O) groups is 1. The molecule has 0 saturated carbocycles. The molecule has 0 bridgehead atoms. The lowest BCUT2D eigenvalue weighted by Gasteiger charge is -2.38. The van der Waals surface area contributed by atoms with Crippen LogP contribution in [-0.2, 0) is 11.2 Å². The number of hydrogen-bond donors (Lipinski definition) is 1. The van der Waals surface area contributed by atoms with Crippen molar-refractivity contribution in [2.75, 3.05) is 44.2 Å². The first kappa shape index (κ1) is 21.1. The zero-order chi connectivity index (χ0) is 21.1. The standard InChI is InChI=1S/C23H30ClN5O/c1-3-25-14-19(17-5-7-18(24)8-6-17)23(30)29-12-10-28(11-13-29)22-21-16(2)4-9-20(21)26-15-27-22/h5-8,15-16,19,25H,3-4,9-14H2,1-2H3/t16-,19?/m1/s1. The lowest BCUT2D eigenvalue weighted by molar-refractivity contribution is -0.133. The topological polar surface area (TPSA) is 61.4 Å². The number of aryl methyl sites for hydroxylation is 1. The van der Waals surface area contributed by atoms with E-state index in [1.54, 1.807) is 6.33 Å². The number of rotatable bonds is 6. The van der Waals surface area contributed by atoms with Crippen LogP contribution < -0.4 is 10.2 Å². The van der Waals surface area contributed by atoms with Gasteiger partial charge in [-0.05, 0) is 43.0 Å². The second kappa shape index (κ2) is 9.31. The van der Waals surface area contributed by atoms with E-state index in [9.17, 15) is 4.79 Å². The number of nitrogens with one attached hydrogen (secondary N) is 1. The lowest BCUT2D eigenvalue weighted by atomic mass is 9.97. The number of likely N-dealkylation sites (N-methyl/N-ethyl adjacent to an activating group) is 1. The van der Waals surface area contributed by atoms with Crippen molar-refractivity contribution < 1.29 is 4.79 Å². The summed E-state index contributed by atoms with van der Waals surface area (Å²) in [5, 5.41) is 4.03. The SMILES string of the molecule is CCNCC(C(=O)N1CCN(c2ncnc3c2[C@H](C)CC3)CC1)c1ccc(Cl)cc1. The molecule has 1 aliphatic carbocycles. The normalized spacial score (nSPS) is 19.6. The Morgan fingerprint density at radius 3 is 2.63 bits per heavy atom. The van der Waals surface area contributed by atoms with Gasteiger partial charge in [0.1, 0.15) is 12.1 Å². The third-order valence-corrected chi connectivity index (χ3v) is 6.56. The molecule has 1 unspecified atom stereocenters. The zero-order valence-electron chi connectivity index (χ0n) is 17.8. The Labute approximate surface area is 183 Å². The molecule has 7 heteroatoms. The minimum Gasteiger partial charge on any atom is -0.353 e. The highest BCUT2D eigenvalue weighted by Crippen LogP contribution is 2.37. The molecule has 1 N–H and O–H groups in total. The third-order valence-electron chi connectivity index (χ3n) is 6.31. The van der Waals surface area contributed by atoms with Crippen LogP contribution in [-0.4, -0.2) is 60.0 Å². The van der Waals surface area contributed by atoms with Gasteiger partial charge in [0.05, 0.1) is 5.92 Å². The van der Waals surface area contributed by atoms with Crippen LogP contribution >= 0.6 is 11.6 Å².